The standard InChI is InChI=1S/C21H20N2O3S/c24-21(22-14-20-7-4-12-27-20)16-26-23-13-17-8-10-19(11-9-17)25-15-18-5-2-1-3-6-18/h1-13H,14-16H2,(H,22,24). The van der Waals surface area contributed by atoms with Crippen molar-refractivity contribution in [3.63, 3.8) is 0 Å². The second-order valence-electron chi connectivity index (χ2n) is 5.71. The average molecular weight is 380 g/mol. The number of hydrogen-bond donors (Lipinski definition) is 1. The molecule has 3 aromatic rings. The molecule has 0 saturated carbocycles. The lowest BCUT2D eigenvalue weighted by molar-refractivity contribution is -0.125. The number of thiophene rings is 1. The van der Waals surface area contributed by atoms with Crippen molar-refractivity contribution in [2.75, 3.05) is 6.61 Å². The molecule has 3 rings (SSSR count). The molecule has 6 heteroatoms. The Morgan fingerprint density at radius 1 is 1.04 bits per heavy atom. The lowest BCUT2D eigenvalue weighted by Gasteiger charge is -2.06. The van der Waals surface area contributed by atoms with Gasteiger partial charge in [-0.25, -0.2) is 0 Å². The summed E-state index contributed by atoms with van der Waals surface area (Å²) in [5.74, 6) is 0.579. The van der Waals surface area contributed by atoms with E-state index in [2.05, 4.69) is 10.5 Å². The number of ether oxygens (including phenoxy) is 1. The molecule has 1 aromatic heterocycles. The van der Waals surface area contributed by atoms with Crippen LogP contribution in [0.3, 0.4) is 0 Å². The number of carbonyl (C=O) groups is 1. The highest BCUT2D eigenvalue weighted by atomic mass is 32.1. The molecule has 0 unspecified atom stereocenters. The molecule has 0 atom stereocenters. The van der Waals surface area contributed by atoms with Crippen molar-refractivity contribution in [1.29, 1.82) is 0 Å². The molecule has 0 aliphatic rings. The van der Waals surface area contributed by atoms with Crippen LogP contribution in [-0.4, -0.2) is 18.7 Å². The molecule has 0 aliphatic heterocycles. The quantitative estimate of drug-likeness (QED) is 0.451. The zero-order valence-corrected chi connectivity index (χ0v) is 15.5. The first-order valence-corrected chi connectivity index (χ1v) is 9.39. The molecule has 5 nitrogen and oxygen atoms in total. The third-order valence-electron chi connectivity index (χ3n) is 3.64. The average Bonchev–Trinajstić information content (AvgIpc) is 3.23. The van der Waals surface area contributed by atoms with Gasteiger partial charge in [-0.2, -0.15) is 0 Å². The van der Waals surface area contributed by atoms with Crippen LogP contribution in [0.25, 0.3) is 0 Å². The monoisotopic (exact) mass is 380 g/mol. The highest BCUT2D eigenvalue weighted by Crippen LogP contribution is 2.13. The van der Waals surface area contributed by atoms with E-state index in [9.17, 15) is 4.79 Å². The van der Waals surface area contributed by atoms with Gasteiger partial charge >= 0.3 is 0 Å². The number of hydrogen-bond acceptors (Lipinski definition) is 5. The van der Waals surface area contributed by atoms with E-state index in [1.165, 1.54) is 0 Å². The summed E-state index contributed by atoms with van der Waals surface area (Å²) in [6.45, 7) is 0.923. The summed E-state index contributed by atoms with van der Waals surface area (Å²) >= 11 is 1.60. The SMILES string of the molecule is O=C(CON=Cc1ccc(OCc2ccccc2)cc1)NCc1cccs1. The molecular formula is C21H20N2O3S. The van der Waals surface area contributed by atoms with Crippen LogP contribution in [0.2, 0.25) is 0 Å². The number of benzene rings is 2. The summed E-state index contributed by atoms with van der Waals surface area (Å²) in [6, 6.07) is 21.4. The van der Waals surface area contributed by atoms with Crippen molar-refractivity contribution in [2.24, 2.45) is 5.16 Å². The Kier molecular flexibility index (Phi) is 7.00. The van der Waals surface area contributed by atoms with Crippen molar-refractivity contribution in [1.82, 2.24) is 5.32 Å². The van der Waals surface area contributed by atoms with E-state index in [0.29, 0.717) is 13.2 Å². The predicted molar refractivity (Wildman–Crippen MR) is 107 cm³/mol. The summed E-state index contributed by atoms with van der Waals surface area (Å²) in [5.41, 5.74) is 1.98. The van der Waals surface area contributed by atoms with Gasteiger partial charge in [-0.15, -0.1) is 11.3 Å². The lowest BCUT2D eigenvalue weighted by Crippen LogP contribution is -2.26. The van der Waals surface area contributed by atoms with E-state index >= 15 is 0 Å². The zero-order valence-electron chi connectivity index (χ0n) is 14.7. The molecule has 0 fully saturated rings. The van der Waals surface area contributed by atoms with Gasteiger partial charge in [0.2, 0.25) is 0 Å². The van der Waals surface area contributed by atoms with Crippen LogP contribution in [0.5, 0.6) is 5.75 Å². The molecule has 0 bridgehead atoms. The van der Waals surface area contributed by atoms with Gasteiger partial charge in [0, 0.05) is 4.88 Å². The third-order valence-corrected chi connectivity index (χ3v) is 4.52. The summed E-state index contributed by atoms with van der Waals surface area (Å²) in [7, 11) is 0. The van der Waals surface area contributed by atoms with Gasteiger partial charge in [0.15, 0.2) is 6.61 Å². The van der Waals surface area contributed by atoms with E-state index in [1.54, 1.807) is 17.6 Å². The first-order valence-electron chi connectivity index (χ1n) is 8.51. The van der Waals surface area contributed by atoms with Crippen molar-refractivity contribution in [2.45, 2.75) is 13.2 Å². The zero-order chi connectivity index (χ0) is 18.7. The maximum atomic E-state index is 11.7. The van der Waals surface area contributed by atoms with Crippen LogP contribution < -0.4 is 10.1 Å². The van der Waals surface area contributed by atoms with Crippen molar-refractivity contribution < 1.29 is 14.4 Å². The van der Waals surface area contributed by atoms with Gasteiger partial charge < -0.3 is 14.9 Å². The smallest absolute Gasteiger partial charge is 0.261 e. The molecule has 0 radical (unpaired) electrons. The largest absolute Gasteiger partial charge is 0.489 e. The molecule has 27 heavy (non-hydrogen) atoms. The Hall–Kier alpha value is -3.12. The van der Waals surface area contributed by atoms with Crippen molar-refractivity contribution >= 4 is 23.5 Å². The summed E-state index contributed by atoms with van der Waals surface area (Å²) in [5, 5.41) is 8.57. The first kappa shape index (κ1) is 18.7. The number of oxime groups is 1. The Labute approximate surface area is 162 Å². The number of amides is 1. The van der Waals surface area contributed by atoms with E-state index in [1.807, 2.05) is 72.1 Å². The fraction of sp³-hybridized carbons (Fsp3) is 0.143. The minimum atomic E-state index is -0.204. The Morgan fingerprint density at radius 2 is 1.85 bits per heavy atom. The highest BCUT2D eigenvalue weighted by Gasteiger charge is 2.02. The van der Waals surface area contributed by atoms with Crippen LogP contribution in [0.15, 0.2) is 77.3 Å². The minimum Gasteiger partial charge on any atom is -0.489 e. The molecule has 0 spiro atoms. The van der Waals surface area contributed by atoms with Crippen molar-refractivity contribution in [3.8, 4) is 5.75 Å². The molecule has 2 aromatic carbocycles. The Balaban J connectivity index is 1.36. The number of rotatable bonds is 9. The van der Waals surface area contributed by atoms with E-state index in [4.69, 9.17) is 9.57 Å². The summed E-state index contributed by atoms with van der Waals surface area (Å²) < 4.78 is 5.73. The van der Waals surface area contributed by atoms with Crippen LogP contribution in [0.4, 0.5) is 0 Å². The molecule has 1 amide bonds. The fourth-order valence-corrected chi connectivity index (χ4v) is 2.88. The van der Waals surface area contributed by atoms with Gasteiger partial charge in [0.1, 0.15) is 12.4 Å². The molecule has 0 saturated heterocycles. The van der Waals surface area contributed by atoms with E-state index in [-0.39, 0.29) is 12.5 Å². The third kappa shape index (κ3) is 6.60. The predicted octanol–water partition coefficient (Wildman–Crippen LogP) is 3.99. The second kappa shape index (κ2) is 10.1. The minimum absolute atomic E-state index is 0.111. The Morgan fingerprint density at radius 3 is 2.59 bits per heavy atom. The molecule has 1 heterocycles. The normalized spacial score (nSPS) is 10.7. The van der Waals surface area contributed by atoms with E-state index < -0.39 is 0 Å². The Bertz CT molecular complexity index is 847. The second-order valence-corrected chi connectivity index (χ2v) is 6.74. The topological polar surface area (TPSA) is 59.9 Å². The summed E-state index contributed by atoms with van der Waals surface area (Å²) in [6.07, 6.45) is 1.56. The van der Waals surface area contributed by atoms with Gasteiger partial charge in [-0.1, -0.05) is 41.6 Å². The van der Waals surface area contributed by atoms with Gasteiger partial charge in [-0.3, -0.25) is 4.79 Å². The van der Waals surface area contributed by atoms with Gasteiger partial charge in [0.05, 0.1) is 12.8 Å². The molecular weight excluding hydrogens is 360 g/mol. The highest BCUT2D eigenvalue weighted by molar-refractivity contribution is 7.09. The van der Waals surface area contributed by atoms with Crippen LogP contribution in [-0.2, 0) is 22.8 Å². The summed E-state index contributed by atoms with van der Waals surface area (Å²) in [4.78, 5) is 17.8. The maximum absolute atomic E-state index is 11.7. The van der Waals surface area contributed by atoms with Crippen LogP contribution >= 0.6 is 11.3 Å². The van der Waals surface area contributed by atoms with Crippen LogP contribution in [0, 0.1) is 0 Å². The lowest BCUT2D eigenvalue weighted by atomic mass is 10.2. The number of nitrogens with one attached hydrogen (secondary N) is 1. The van der Waals surface area contributed by atoms with Crippen LogP contribution in [0.1, 0.15) is 16.0 Å². The molecule has 0 aliphatic carbocycles. The van der Waals surface area contributed by atoms with Crippen molar-refractivity contribution in [3.05, 3.63) is 88.1 Å². The number of carbonyl (C=O) groups excluding carboxylic acids is 1. The molecule has 138 valence electrons. The first-order chi connectivity index (χ1) is 13.3. The maximum Gasteiger partial charge on any atom is 0.261 e. The molecule has 1 N–H and O–H groups in total. The van der Waals surface area contributed by atoms with Gasteiger partial charge in [0.25, 0.3) is 5.91 Å². The van der Waals surface area contributed by atoms with Gasteiger partial charge in [-0.05, 0) is 46.8 Å². The van der Waals surface area contributed by atoms with E-state index in [0.717, 1.165) is 21.8 Å². The fourth-order valence-electron chi connectivity index (χ4n) is 2.23. The number of nitrogens with zero attached hydrogens (tertiary/aromatic N) is 1.